The maximum atomic E-state index is 10.9. The molecule has 0 aliphatic carbocycles. The molecule has 1 aliphatic rings. The zero-order chi connectivity index (χ0) is 8.10. The van der Waals surface area contributed by atoms with Gasteiger partial charge in [0.25, 0.3) is 0 Å². The van der Waals surface area contributed by atoms with E-state index in [1.54, 1.807) is 0 Å². The van der Waals surface area contributed by atoms with Crippen molar-refractivity contribution < 1.29 is 4.55 Å². The van der Waals surface area contributed by atoms with E-state index in [0.29, 0.717) is 5.84 Å². The molecule has 1 heterocycles. The Hall–Kier alpha value is -0.260. The Labute approximate surface area is 69.7 Å². The van der Waals surface area contributed by atoms with Crippen molar-refractivity contribution in [2.24, 2.45) is 10.1 Å². The van der Waals surface area contributed by atoms with E-state index >= 15 is 0 Å². The molecule has 0 spiro atoms. The molecule has 0 saturated heterocycles. The third kappa shape index (κ3) is 3.60. The van der Waals surface area contributed by atoms with Crippen LogP contribution in [-0.2, 0) is 11.5 Å². The van der Waals surface area contributed by atoms with Gasteiger partial charge < -0.3 is 10.3 Å². The molecule has 0 saturated carbocycles. The second-order valence-corrected chi connectivity index (χ2v) is 3.51. The van der Waals surface area contributed by atoms with Gasteiger partial charge in [0, 0.05) is 13.0 Å². The molecular weight excluding hydrogens is 162 g/mol. The summed E-state index contributed by atoms with van der Waals surface area (Å²) in [4.78, 5) is 0. The predicted octanol–water partition coefficient (Wildman–Crippen LogP) is 0.0859. The van der Waals surface area contributed by atoms with E-state index in [1.165, 1.54) is 0 Å². The number of rotatable bonds is 0. The Morgan fingerprint density at radius 2 is 2.27 bits per heavy atom. The third-order valence-electron chi connectivity index (χ3n) is 1.54. The summed E-state index contributed by atoms with van der Waals surface area (Å²) in [7, 11) is 0. The van der Waals surface area contributed by atoms with E-state index < -0.39 is 11.5 Å². The van der Waals surface area contributed by atoms with Crippen molar-refractivity contribution in [3.63, 3.8) is 0 Å². The molecule has 0 aromatic carbocycles. The van der Waals surface area contributed by atoms with Crippen LogP contribution in [0.25, 0.3) is 0 Å². The maximum absolute atomic E-state index is 10.9. The van der Waals surface area contributed by atoms with E-state index in [2.05, 4.69) is 9.12 Å². The standard InChI is InChI=1S/C6H13N3OS/c7-6-4-2-1-3-5-8-11(10)9-6/h8H,1-5H2,(H2,7,9). The molecule has 4 nitrogen and oxygen atoms in total. The van der Waals surface area contributed by atoms with E-state index in [-0.39, 0.29) is 0 Å². The summed E-state index contributed by atoms with van der Waals surface area (Å²) in [6, 6.07) is 0. The molecule has 5 heteroatoms. The normalized spacial score (nSPS) is 28.1. The number of amidine groups is 1. The van der Waals surface area contributed by atoms with Crippen LogP contribution in [0.2, 0.25) is 0 Å². The first-order valence-corrected chi connectivity index (χ1v) is 4.88. The van der Waals surface area contributed by atoms with Gasteiger partial charge in [-0.05, 0) is 17.2 Å². The highest BCUT2D eigenvalue weighted by molar-refractivity contribution is 7.88. The molecule has 11 heavy (non-hydrogen) atoms. The van der Waals surface area contributed by atoms with Crippen molar-refractivity contribution in [3.8, 4) is 0 Å². The van der Waals surface area contributed by atoms with Gasteiger partial charge in [0.2, 0.25) is 0 Å². The molecule has 64 valence electrons. The average Bonchev–Trinajstić information content (AvgIpc) is 2.02. The Morgan fingerprint density at radius 1 is 1.45 bits per heavy atom. The highest BCUT2D eigenvalue weighted by Crippen LogP contribution is 2.03. The molecule has 0 aromatic rings. The molecular formula is C6H13N3OS. The van der Waals surface area contributed by atoms with E-state index in [1.807, 2.05) is 0 Å². The first kappa shape index (κ1) is 8.83. The zero-order valence-electron chi connectivity index (χ0n) is 6.38. The smallest absolute Gasteiger partial charge is 0.193 e. The first-order valence-electron chi connectivity index (χ1n) is 3.77. The minimum Gasteiger partial charge on any atom is -0.572 e. The van der Waals surface area contributed by atoms with Crippen molar-refractivity contribution in [1.82, 2.24) is 4.72 Å². The Balaban J connectivity index is 2.43. The van der Waals surface area contributed by atoms with E-state index in [9.17, 15) is 4.55 Å². The summed E-state index contributed by atoms with van der Waals surface area (Å²) in [5.41, 5.74) is 5.48. The summed E-state index contributed by atoms with van der Waals surface area (Å²) in [5, 5.41) is 0. The minimum atomic E-state index is -1.30. The van der Waals surface area contributed by atoms with Crippen LogP contribution >= 0.6 is 0 Å². The monoisotopic (exact) mass is 175 g/mol. The summed E-state index contributed by atoms with van der Waals surface area (Å²) in [6.45, 7) is 0.767. The second kappa shape index (κ2) is 4.58. The molecule has 0 fully saturated rings. The van der Waals surface area contributed by atoms with Crippen LogP contribution in [0.1, 0.15) is 25.7 Å². The van der Waals surface area contributed by atoms with Crippen LogP contribution < -0.4 is 10.5 Å². The molecule has 1 atom stereocenters. The quantitative estimate of drug-likeness (QED) is 0.512. The van der Waals surface area contributed by atoms with Crippen LogP contribution in [0.15, 0.2) is 4.40 Å². The lowest BCUT2D eigenvalue weighted by Crippen LogP contribution is -2.24. The fourth-order valence-corrected chi connectivity index (χ4v) is 1.64. The van der Waals surface area contributed by atoms with Crippen LogP contribution in [0.3, 0.4) is 0 Å². The van der Waals surface area contributed by atoms with Crippen molar-refractivity contribution in [2.75, 3.05) is 6.54 Å². The van der Waals surface area contributed by atoms with Crippen LogP contribution in [0.4, 0.5) is 0 Å². The Kier molecular flexibility index (Phi) is 3.68. The van der Waals surface area contributed by atoms with Crippen LogP contribution in [-0.4, -0.2) is 16.9 Å². The number of nitrogens with one attached hydrogen (secondary N) is 1. The highest BCUT2D eigenvalue weighted by atomic mass is 32.2. The number of nitrogens with zero attached hydrogens (tertiary/aromatic N) is 1. The van der Waals surface area contributed by atoms with E-state index in [0.717, 1.165) is 32.2 Å². The van der Waals surface area contributed by atoms with Gasteiger partial charge in [0.1, 0.15) is 0 Å². The molecule has 0 aromatic heterocycles. The molecule has 0 bridgehead atoms. The van der Waals surface area contributed by atoms with Crippen molar-refractivity contribution in [3.05, 3.63) is 0 Å². The predicted molar refractivity (Wildman–Crippen MR) is 46.2 cm³/mol. The molecule has 0 amide bonds. The summed E-state index contributed by atoms with van der Waals surface area (Å²) in [6.07, 6.45) is 4.00. The molecule has 0 radical (unpaired) electrons. The van der Waals surface area contributed by atoms with Crippen molar-refractivity contribution >= 4 is 17.4 Å². The van der Waals surface area contributed by atoms with Crippen LogP contribution in [0.5, 0.6) is 0 Å². The lowest BCUT2D eigenvalue weighted by molar-refractivity contribution is 0.578. The van der Waals surface area contributed by atoms with Gasteiger partial charge in [0.15, 0.2) is 17.4 Å². The topological polar surface area (TPSA) is 73.5 Å². The zero-order valence-corrected chi connectivity index (χ0v) is 7.19. The molecule has 1 aliphatic heterocycles. The summed E-state index contributed by atoms with van der Waals surface area (Å²) < 4.78 is 17.4. The van der Waals surface area contributed by atoms with E-state index in [4.69, 9.17) is 5.73 Å². The molecule has 1 unspecified atom stereocenters. The Morgan fingerprint density at radius 3 is 3.09 bits per heavy atom. The first-order chi connectivity index (χ1) is 5.29. The summed E-state index contributed by atoms with van der Waals surface area (Å²) >= 11 is -1.30. The summed E-state index contributed by atoms with van der Waals surface area (Å²) in [5.74, 6) is 0.498. The number of nitrogens with two attached hydrogens (primary N) is 1. The van der Waals surface area contributed by atoms with Crippen molar-refractivity contribution in [1.29, 1.82) is 0 Å². The number of hydrogen-bond acceptors (Lipinski definition) is 4. The van der Waals surface area contributed by atoms with Crippen LogP contribution in [0, 0.1) is 0 Å². The van der Waals surface area contributed by atoms with Gasteiger partial charge in [-0.2, -0.15) is 0 Å². The lowest BCUT2D eigenvalue weighted by atomic mass is 10.2. The van der Waals surface area contributed by atoms with Gasteiger partial charge in [-0.1, -0.05) is 6.42 Å². The van der Waals surface area contributed by atoms with Gasteiger partial charge in [-0.15, -0.1) is 4.72 Å². The minimum absolute atomic E-state index is 0.498. The fraction of sp³-hybridized carbons (Fsp3) is 0.833. The van der Waals surface area contributed by atoms with Gasteiger partial charge in [0.05, 0.1) is 0 Å². The highest BCUT2D eigenvalue weighted by Gasteiger charge is 2.07. The SMILES string of the molecule is NC1=N[S+]([O-])NCCCCC1. The largest absolute Gasteiger partial charge is 0.572 e. The maximum Gasteiger partial charge on any atom is 0.193 e. The van der Waals surface area contributed by atoms with Gasteiger partial charge >= 0.3 is 0 Å². The second-order valence-electron chi connectivity index (χ2n) is 2.54. The third-order valence-corrected chi connectivity index (χ3v) is 2.39. The number of hydrogen-bond donors (Lipinski definition) is 2. The van der Waals surface area contributed by atoms with Gasteiger partial charge in [-0.25, -0.2) is 0 Å². The lowest BCUT2D eigenvalue weighted by Gasteiger charge is -2.01. The average molecular weight is 175 g/mol. The Bertz CT molecular complexity index is 151. The molecule has 3 N–H and O–H groups in total. The molecule has 1 rings (SSSR count). The van der Waals surface area contributed by atoms with Crippen molar-refractivity contribution in [2.45, 2.75) is 25.7 Å². The fourth-order valence-electron chi connectivity index (χ4n) is 0.952. The van der Waals surface area contributed by atoms with Gasteiger partial charge in [-0.3, -0.25) is 0 Å².